The van der Waals surface area contributed by atoms with Gasteiger partial charge in [-0.1, -0.05) is 13.8 Å². The second-order valence-electron chi connectivity index (χ2n) is 9.99. The molecule has 0 bridgehead atoms. The van der Waals surface area contributed by atoms with E-state index in [9.17, 15) is 15.3 Å². The SMILES string of the molecule is C[C@]12CC[C@H](O)C[C@@H]1[C@H](O)C[C@@H]1[C@H]3CC[C@](C)(O)[C@@]3(C)CC[C@@H]12. The maximum absolute atomic E-state index is 10.9. The van der Waals surface area contributed by atoms with E-state index >= 15 is 0 Å². The van der Waals surface area contributed by atoms with Gasteiger partial charge < -0.3 is 15.3 Å². The van der Waals surface area contributed by atoms with Gasteiger partial charge in [-0.3, -0.25) is 0 Å². The van der Waals surface area contributed by atoms with Crippen molar-refractivity contribution in [2.24, 2.45) is 34.5 Å². The number of rotatable bonds is 0. The van der Waals surface area contributed by atoms with E-state index in [0.717, 1.165) is 44.9 Å². The van der Waals surface area contributed by atoms with Crippen LogP contribution in [-0.2, 0) is 0 Å². The summed E-state index contributed by atoms with van der Waals surface area (Å²) in [5.74, 6) is 2.03. The molecule has 0 heterocycles. The Labute approximate surface area is 140 Å². The monoisotopic (exact) mass is 322 g/mol. The van der Waals surface area contributed by atoms with Crippen LogP contribution >= 0.6 is 0 Å². The van der Waals surface area contributed by atoms with Crippen LogP contribution in [0.25, 0.3) is 0 Å². The van der Waals surface area contributed by atoms with E-state index in [1.165, 1.54) is 6.42 Å². The minimum Gasteiger partial charge on any atom is -0.393 e. The topological polar surface area (TPSA) is 60.7 Å². The smallest absolute Gasteiger partial charge is 0.0675 e. The Morgan fingerprint density at radius 1 is 0.783 bits per heavy atom. The molecule has 132 valence electrons. The van der Waals surface area contributed by atoms with Crippen LogP contribution in [0.15, 0.2) is 0 Å². The summed E-state index contributed by atoms with van der Waals surface area (Å²) in [5.41, 5.74) is -0.350. The van der Waals surface area contributed by atoms with Crippen LogP contribution < -0.4 is 0 Å². The Morgan fingerprint density at radius 3 is 2.22 bits per heavy atom. The van der Waals surface area contributed by atoms with Gasteiger partial charge in [-0.25, -0.2) is 0 Å². The van der Waals surface area contributed by atoms with E-state index < -0.39 is 5.60 Å². The van der Waals surface area contributed by atoms with Gasteiger partial charge in [0, 0.05) is 0 Å². The zero-order valence-corrected chi connectivity index (χ0v) is 15.0. The molecule has 4 aliphatic carbocycles. The maximum Gasteiger partial charge on any atom is 0.0675 e. The average molecular weight is 322 g/mol. The van der Waals surface area contributed by atoms with Crippen molar-refractivity contribution < 1.29 is 15.3 Å². The zero-order valence-electron chi connectivity index (χ0n) is 15.0. The van der Waals surface area contributed by atoms with Crippen molar-refractivity contribution in [1.82, 2.24) is 0 Å². The van der Waals surface area contributed by atoms with Crippen molar-refractivity contribution >= 4 is 0 Å². The number of hydrogen-bond donors (Lipinski definition) is 3. The van der Waals surface area contributed by atoms with Crippen molar-refractivity contribution in [3.05, 3.63) is 0 Å². The Morgan fingerprint density at radius 2 is 1.48 bits per heavy atom. The summed E-state index contributed by atoms with van der Waals surface area (Å²) in [6.07, 6.45) is 7.43. The molecule has 0 amide bonds. The van der Waals surface area contributed by atoms with Gasteiger partial charge in [0.15, 0.2) is 0 Å². The molecule has 0 radical (unpaired) electrons. The van der Waals surface area contributed by atoms with E-state index in [2.05, 4.69) is 13.8 Å². The summed E-state index contributed by atoms with van der Waals surface area (Å²) in [4.78, 5) is 0. The number of fused-ring (bicyclic) bond motifs is 5. The highest BCUT2D eigenvalue weighted by atomic mass is 16.3. The van der Waals surface area contributed by atoms with E-state index in [0.29, 0.717) is 17.8 Å². The lowest BCUT2D eigenvalue weighted by atomic mass is 9.44. The molecule has 23 heavy (non-hydrogen) atoms. The molecule has 0 spiro atoms. The van der Waals surface area contributed by atoms with E-state index in [1.807, 2.05) is 6.92 Å². The molecule has 0 saturated heterocycles. The van der Waals surface area contributed by atoms with Crippen molar-refractivity contribution in [2.45, 2.75) is 89.9 Å². The summed E-state index contributed by atoms with van der Waals surface area (Å²) in [6.45, 7) is 6.72. The molecule has 0 aliphatic heterocycles. The Hall–Kier alpha value is -0.120. The lowest BCUT2D eigenvalue weighted by Crippen LogP contribution is -2.59. The highest BCUT2D eigenvalue weighted by Crippen LogP contribution is 2.68. The van der Waals surface area contributed by atoms with Crippen LogP contribution in [0.3, 0.4) is 0 Å². The molecule has 0 unspecified atom stereocenters. The first-order chi connectivity index (χ1) is 10.7. The molecule has 4 fully saturated rings. The molecule has 3 heteroatoms. The van der Waals surface area contributed by atoms with Gasteiger partial charge in [0.05, 0.1) is 17.8 Å². The molecule has 4 saturated carbocycles. The summed E-state index contributed by atoms with van der Waals surface area (Å²) in [7, 11) is 0. The molecule has 0 aromatic heterocycles. The van der Waals surface area contributed by atoms with Crippen molar-refractivity contribution in [3.63, 3.8) is 0 Å². The molecule has 4 aliphatic rings. The van der Waals surface area contributed by atoms with Gasteiger partial charge in [0.25, 0.3) is 0 Å². The predicted octanol–water partition coefficient (Wildman–Crippen LogP) is 3.11. The van der Waals surface area contributed by atoms with Crippen LogP contribution in [-0.4, -0.2) is 33.1 Å². The fraction of sp³-hybridized carbons (Fsp3) is 1.00. The predicted molar refractivity (Wildman–Crippen MR) is 89.7 cm³/mol. The second-order valence-corrected chi connectivity index (χ2v) is 9.99. The quantitative estimate of drug-likeness (QED) is 0.642. The number of hydrogen-bond acceptors (Lipinski definition) is 3. The van der Waals surface area contributed by atoms with Crippen LogP contribution in [0.2, 0.25) is 0 Å². The van der Waals surface area contributed by atoms with E-state index in [-0.39, 0.29) is 29.0 Å². The van der Waals surface area contributed by atoms with Gasteiger partial charge in [-0.15, -0.1) is 0 Å². The Bertz CT molecular complexity index is 489. The van der Waals surface area contributed by atoms with E-state index in [1.54, 1.807) is 0 Å². The van der Waals surface area contributed by atoms with Crippen LogP contribution in [0.1, 0.15) is 72.1 Å². The van der Waals surface area contributed by atoms with Gasteiger partial charge in [-0.2, -0.15) is 0 Å². The molecular formula is C20H34O3. The van der Waals surface area contributed by atoms with E-state index in [4.69, 9.17) is 0 Å². The van der Waals surface area contributed by atoms with Gasteiger partial charge >= 0.3 is 0 Å². The zero-order chi connectivity index (χ0) is 16.6. The van der Waals surface area contributed by atoms with Crippen molar-refractivity contribution in [1.29, 1.82) is 0 Å². The van der Waals surface area contributed by atoms with Gasteiger partial charge in [0.2, 0.25) is 0 Å². The third-order valence-electron chi connectivity index (χ3n) is 9.21. The lowest BCUT2D eigenvalue weighted by molar-refractivity contribution is -0.185. The van der Waals surface area contributed by atoms with Crippen LogP contribution in [0.5, 0.6) is 0 Å². The minimum atomic E-state index is -0.548. The Balaban J connectivity index is 1.68. The maximum atomic E-state index is 10.9. The fourth-order valence-electron chi connectivity index (χ4n) is 7.52. The normalized spacial score (nSPS) is 62.3. The molecular weight excluding hydrogens is 288 g/mol. The first-order valence-corrected chi connectivity index (χ1v) is 9.77. The molecule has 3 N–H and O–H groups in total. The largest absolute Gasteiger partial charge is 0.393 e. The third-order valence-corrected chi connectivity index (χ3v) is 9.21. The highest BCUT2D eigenvalue weighted by Gasteiger charge is 2.64. The lowest BCUT2D eigenvalue weighted by Gasteiger charge is -2.62. The summed E-state index contributed by atoms with van der Waals surface area (Å²) in [6, 6.07) is 0. The molecule has 3 nitrogen and oxygen atoms in total. The first-order valence-electron chi connectivity index (χ1n) is 9.77. The highest BCUT2D eigenvalue weighted by molar-refractivity contribution is 5.14. The summed E-state index contributed by atoms with van der Waals surface area (Å²) in [5, 5.41) is 31.9. The molecule has 9 atom stereocenters. The van der Waals surface area contributed by atoms with Gasteiger partial charge in [-0.05, 0) is 92.8 Å². The first kappa shape index (κ1) is 16.4. The average Bonchev–Trinajstić information content (AvgIpc) is 2.72. The third kappa shape index (κ3) is 2.05. The van der Waals surface area contributed by atoms with Crippen molar-refractivity contribution in [2.75, 3.05) is 0 Å². The second kappa shape index (κ2) is 4.95. The van der Waals surface area contributed by atoms with Crippen LogP contribution in [0.4, 0.5) is 0 Å². The summed E-state index contributed by atoms with van der Waals surface area (Å²) < 4.78 is 0. The van der Waals surface area contributed by atoms with Gasteiger partial charge in [0.1, 0.15) is 0 Å². The summed E-state index contributed by atoms with van der Waals surface area (Å²) >= 11 is 0. The van der Waals surface area contributed by atoms with Crippen LogP contribution in [0, 0.1) is 34.5 Å². The standard InChI is InChI=1S/C20H34O3/c1-18-7-4-12(21)10-16(18)17(22)11-13-14(18)5-8-19(2)15(13)6-9-20(19,3)23/h12-17,21-23H,4-11H2,1-3H3/t12-,13-,14-,15+,16+,17+,18+,19-,20-/m0/s1. The molecule has 0 aromatic rings. The van der Waals surface area contributed by atoms with Crippen molar-refractivity contribution in [3.8, 4) is 0 Å². The fourth-order valence-corrected chi connectivity index (χ4v) is 7.52. The Kier molecular flexibility index (Phi) is 3.52. The minimum absolute atomic E-state index is 0.0191. The molecule has 0 aromatic carbocycles. The number of aliphatic hydroxyl groups excluding tert-OH is 2. The molecule has 4 rings (SSSR count). The number of aliphatic hydroxyl groups is 3.